The van der Waals surface area contributed by atoms with E-state index in [1.807, 2.05) is 23.6 Å². The Hall–Kier alpha value is -1.65. The van der Waals surface area contributed by atoms with Gasteiger partial charge in [-0.25, -0.2) is 4.39 Å². The molecule has 0 amide bonds. The number of nitrogens with two attached hydrogens (primary N) is 1. The van der Waals surface area contributed by atoms with Crippen molar-refractivity contribution < 1.29 is 14.2 Å². The minimum atomic E-state index is -0.676. The average molecular weight is 341 g/mol. The maximum atomic E-state index is 13.4. The van der Waals surface area contributed by atoms with Gasteiger partial charge in [-0.05, 0) is 17.5 Å². The molecule has 2 atom stereocenters. The van der Waals surface area contributed by atoms with Gasteiger partial charge in [0, 0.05) is 23.4 Å². The molecule has 0 bridgehead atoms. The van der Waals surface area contributed by atoms with E-state index < -0.39 is 18.0 Å². The van der Waals surface area contributed by atoms with E-state index in [0.717, 1.165) is 10.9 Å². The predicted molar refractivity (Wildman–Crippen MR) is 83.5 cm³/mol. The van der Waals surface area contributed by atoms with Crippen molar-refractivity contribution in [3.63, 3.8) is 0 Å². The summed E-state index contributed by atoms with van der Waals surface area (Å²) in [4.78, 5) is 0.897. The smallest absolute Gasteiger partial charge is 0.143 e. The Morgan fingerprint density at radius 3 is 2.86 bits per heavy atom. The van der Waals surface area contributed by atoms with Gasteiger partial charge in [-0.2, -0.15) is 5.26 Å². The molecule has 22 heavy (non-hydrogen) atoms. The van der Waals surface area contributed by atoms with Crippen LogP contribution in [-0.2, 0) is 0 Å². The Labute approximate surface area is 136 Å². The van der Waals surface area contributed by atoms with E-state index in [-0.39, 0.29) is 22.9 Å². The highest BCUT2D eigenvalue weighted by Gasteiger charge is 2.20. The van der Waals surface area contributed by atoms with Gasteiger partial charge < -0.3 is 15.6 Å². The SMILES string of the molecule is N#Cc1cc(F)c(Cl)cc1O[C@H](C[C@H](N)CO)c1cccs1. The van der Waals surface area contributed by atoms with Crippen molar-refractivity contribution in [2.24, 2.45) is 5.73 Å². The van der Waals surface area contributed by atoms with Crippen LogP contribution in [0.3, 0.4) is 0 Å². The first-order valence-corrected chi connectivity index (χ1v) is 7.76. The van der Waals surface area contributed by atoms with E-state index >= 15 is 0 Å². The molecular formula is C15H14ClFN2O2S. The molecule has 0 aliphatic rings. The Bertz CT molecular complexity index is 673. The van der Waals surface area contributed by atoms with Crippen LogP contribution < -0.4 is 10.5 Å². The van der Waals surface area contributed by atoms with Gasteiger partial charge >= 0.3 is 0 Å². The zero-order chi connectivity index (χ0) is 16.1. The molecule has 2 aromatic rings. The van der Waals surface area contributed by atoms with E-state index in [9.17, 15) is 4.39 Å². The largest absolute Gasteiger partial charge is 0.483 e. The van der Waals surface area contributed by atoms with E-state index in [0.29, 0.717) is 6.42 Å². The van der Waals surface area contributed by atoms with Crippen LogP contribution in [0.1, 0.15) is 23.0 Å². The summed E-state index contributed by atoms with van der Waals surface area (Å²) < 4.78 is 19.3. The molecule has 0 unspecified atom stereocenters. The van der Waals surface area contributed by atoms with Crippen molar-refractivity contribution >= 4 is 22.9 Å². The molecule has 0 spiro atoms. The number of rotatable bonds is 6. The summed E-state index contributed by atoms with van der Waals surface area (Å²) in [6, 6.07) is 7.47. The van der Waals surface area contributed by atoms with Crippen LogP contribution in [0.5, 0.6) is 5.75 Å². The Kier molecular flexibility index (Phi) is 5.75. The maximum Gasteiger partial charge on any atom is 0.143 e. The van der Waals surface area contributed by atoms with Gasteiger partial charge in [-0.15, -0.1) is 11.3 Å². The highest BCUT2D eigenvalue weighted by molar-refractivity contribution is 7.10. The lowest BCUT2D eigenvalue weighted by molar-refractivity contribution is 0.164. The van der Waals surface area contributed by atoms with Gasteiger partial charge in [0.05, 0.1) is 17.2 Å². The fraction of sp³-hybridized carbons (Fsp3) is 0.267. The molecule has 0 fully saturated rings. The molecule has 2 rings (SSSR count). The average Bonchev–Trinajstić information content (AvgIpc) is 3.04. The first kappa shape index (κ1) is 16.7. The van der Waals surface area contributed by atoms with Crippen LogP contribution in [0.2, 0.25) is 5.02 Å². The van der Waals surface area contributed by atoms with E-state index in [4.69, 9.17) is 32.4 Å². The first-order chi connectivity index (χ1) is 10.5. The van der Waals surface area contributed by atoms with Gasteiger partial charge in [-0.1, -0.05) is 17.7 Å². The van der Waals surface area contributed by atoms with Crippen molar-refractivity contribution in [1.82, 2.24) is 0 Å². The molecule has 0 saturated heterocycles. The van der Waals surface area contributed by atoms with Crippen molar-refractivity contribution in [3.05, 3.63) is 50.9 Å². The number of hydrogen-bond acceptors (Lipinski definition) is 5. The van der Waals surface area contributed by atoms with E-state index in [1.54, 1.807) is 0 Å². The quantitative estimate of drug-likeness (QED) is 0.846. The molecule has 0 aliphatic heterocycles. The molecule has 1 aromatic carbocycles. The second-order valence-corrected chi connectivity index (χ2v) is 6.06. The van der Waals surface area contributed by atoms with Crippen LogP contribution in [-0.4, -0.2) is 17.8 Å². The molecule has 4 nitrogen and oxygen atoms in total. The molecule has 7 heteroatoms. The summed E-state index contributed by atoms with van der Waals surface area (Å²) in [5.74, 6) is -0.484. The Balaban J connectivity index is 2.31. The van der Waals surface area contributed by atoms with Crippen LogP contribution in [0.25, 0.3) is 0 Å². The number of hydrogen-bond donors (Lipinski definition) is 2. The highest BCUT2D eigenvalue weighted by Crippen LogP contribution is 2.33. The number of ether oxygens (including phenoxy) is 1. The third-order valence-corrected chi connectivity index (χ3v) is 4.28. The summed E-state index contributed by atoms with van der Waals surface area (Å²) in [7, 11) is 0. The molecule has 1 aromatic heterocycles. The predicted octanol–water partition coefficient (Wildman–Crippen LogP) is 3.24. The normalized spacial score (nSPS) is 13.4. The number of aliphatic hydroxyl groups is 1. The zero-order valence-electron chi connectivity index (χ0n) is 11.5. The van der Waals surface area contributed by atoms with E-state index in [2.05, 4.69) is 0 Å². The highest BCUT2D eigenvalue weighted by atomic mass is 35.5. The van der Waals surface area contributed by atoms with Crippen molar-refractivity contribution in [3.8, 4) is 11.8 Å². The maximum absolute atomic E-state index is 13.4. The van der Waals surface area contributed by atoms with Crippen LogP contribution in [0, 0.1) is 17.1 Å². The minimum Gasteiger partial charge on any atom is -0.483 e. The molecule has 116 valence electrons. The van der Waals surface area contributed by atoms with Gasteiger partial charge in [0.2, 0.25) is 0 Å². The topological polar surface area (TPSA) is 79.3 Å². The molecule has 0 saturated carbocycles. The Morgan fingerprint density at radius 2 is 2.27 bits per heavy atom. The summed E-state index contributed by atoms with van der Waals surface area (Å²) >= 11 is 7.23. The summed E-state index contributed by atoms with van der Waals surface area (Å²) in [5.41, 5.74) is 5.84. The summed E-state index contributed by atoms with van der Waals surface area (Å²) in [6.45, 7) is -0.180. The number of benzene rings is 1. The lowest BCUT2D eigenvalue weighted by Crippen LogP contribution is -2.28. The van der Waals surface area contributed by atoms with Gasteiger partial charge in [0.15, 0.2) is 0 Å². The molecule has 0 radical (unpaired) electrons. The monoisotopic (exact) mass is 340 g/mol. The lowest BCUT2D eigenvalue weighted by atomic mass is 10.1. The number of halogens is 2. The lowest BCUT2D eigenvalue weighted by Gasteiger charge is -2.21. The number of aliphatic hydroxyl groups excluding tert-OH is 1. The van der Waals surface area contributed by atoms with Gasteiger partial charge in [0.1, 0.15) is 23.7 Å². The number of thiophene rings is 1. The van der Waals surface area contributed by atoms with Crippen molar-refractivity contribution in [1.29, 1.82) is 5.26 Å². The third kappa shape index (κ3) is 3.96. The first-order valence-electron chi connectivity index (χ1n) is 6.50. The molecule has 1 heterocycles. The second-order valence-electron chi connectivity index (χ2n) is 4.67. The van der Waals surface area contributed by atoms with Crippen LogP contribution in [0.15, 0.2) is 29.6 Å². The summed E-state index contributed by atoms with van der Waals surface area (Å²) in [6.07, 6.45) is -0.0903. The number of nitrogens with zero attached hydrogens (tertiary/aromatic N) is 1. The van der Waals surface area contributed by atoms with Crippen LogP contribution >= 0.6 is 22.9 Å². The van der Waals surface area contributed by atoms with Gasteiger partial charge in [0.25, 0.3) is 0 Å². The Morgan fingerprint density at radius 1 is 1.50 bits per heavy atom. The van der Waals surface area contributed by atoms with Crippen molar-refractivity contribution in [2.75, 3.05) is 6.61 Å². The molecule has 3 N–H and O–H groups in total. The number of nitriles is 1. The molecular weight excluding hydrogens is 327 g/mol. The van der Waals surface area contributed by atoms with Gasteiger partial charge in [-0.3, -0.25) is 0 Å². The fourth-order valence-corrected chi connectivity index (χ4v) is 2.83. The fourth-order valence-electron chi connectivity index (χ4n) is 1.91. The zero-order valence-corrected chi connectivity index (χ0v) is 13.1. The third-order valence-electron chi connectivity index (χ3n) is 3.02. The second kappa shape index (κ2) is 7.56. The van der Waals surface area contributed by atoms with Crippen LogP contribution in [0.4, 0.5) is 4.39 Å². The van der Waals surface area contributed by atoms with Crippen molar-refractivity contribution in [2.45, 2.75) is 18.6 Å². The van der Waals surface area contributed by atoms with E-state index in [1.165, 1.54) is 17.4 Å². The minimum absolute atomic E-state index is 0.0565. The molecule has 0 aliphatic carbocycles. The standard InChI is InChI=1S/C15H14ClFN2O2S/c16-11-6-13(9(7-18)4-12(11)17)21-14(5-10(19)8-20)15-2-1-3-22-15/h1-4,6,10,14,20H,5,8,19H2/t10-,14+/m0/s1. The summed E-state index contributed by atoms with van der Waals surface area (Å²) in [5, 5.41) is 20.0.